The van der Waals surface area contributed by atoms with Crippen LogP contribution in [0.15, 0.2) is 42.7 Å². The van der Waals surface area contributed by atoms with Crippen molar-refractivity contribution < 1.29 is 4.74 Å². The lowest BCUT2D eigenvalue weighted by atomic mass is 9.93. The van der Waals surface area contributed by atoms with E-state index in [-0.39, 0.29) is 5.54 Å². The first-order valence-electron chi connectivity index (χ1n) is 9.16. The maximum absolute atomic E-state index is 6.09. The van der Waals surface area contributed by atoms with Gasteiger partial charge in [0.1, 0.15) is 0 Å². The van der Waals surface area contributed by atoms with Crippen LogP contribution in [0.1, 0.15) is 32.8 Å². The number of pyridine rings is 2. The van der Waals surface area contributed by atoms with Crippen molar-refractivity contribution in [3.8, 4) is 17.0 Å². The van der Waals surface area contributed by atoms with Gasteiger partial charge in [0.05, 0.1) is 12.1 Å². The molecule has 0 aliphatic rings. The number of aryl methyl sites for hydroxylation is 1. The average Bonchev–Trinajstić information content (AvgIpc) is 2.58. The van der Waals surface area contributed by atoms with Gasteiger partial charge in [-0.1, -0.05) is 24.6 Å². The van der Waals surface area contributed by atoms with Crippen molar-refractivity contribution in [1.82, 2.24) is 9.97 Å². The van der Waals surface area contributed by atoms with Gasteiger partial charge in [0.2, 0.25) is 5.88 Å². The molecule has 2 heterocycles. The SMILES string of the molecule is Cc1cc(-c2ccnc3cc(Cl)ccc23)cnc1OC[C@@H](C)CC(C)(C)N. The zero-order chi connectivity index (χ0) is 19.6. The minimum Gasteiger partial charge on any atom is -0.477 e. The number of hydrogen-bond donors (Lipinski definition) is 1. The second kappa shape index (κ2) is 7.83. The molecule has 3 aromatic rings. The van der Waals surface area contributed by atoms with E-state index in [4.69, 9.17) is 22.1 Å². The van der Waals surface area contributed by atoms with Gasteiger partial charge in [-0.3, -0.25) is 4.98 Å². The number of nitrogens with zero attached hydrogens (tertiary/aromatic N) is 2. The molecule has 0 saturated carbocycles. The number of rotatable bonds is 6. The number of fused-ring (bicyclic) bond motifs is 1. The summed E-state index contributed by atoms with van der Waals surface area (Å²) in [4.78, 5) is 8.95. The van der Waals surface area contributed by atoms with Crippen molar-refractivity contribution in [2.45, 2.75) is 39.7 Å². The lowest BCUT2D eigenvalue weighted by molar-refractivity contribution is 0.221. The summed E-state index contributed by atoms with van der Waals surface area (Å²) >= 11 is 6.09. The fraction of sp³-hybridized carbons (Fsp3) is 0.364. The molecule has 5 heteroatoms. The average molecular weight is 384 g/mol. The third-order valence-electron chi connectivity index (χ3n) is 4.43. The van der Waals surface area contributed by atoms with Gasteiger partial charge in [0.15, 0.2) is 0 Å². The Bertz CT molecular complexity index is 950. The Morgan fingerprint density at radius 2 is 1.96 bits per heavy atom. The molecule has 0 unspecified atom stereocenters. The number of ether oxygens (including phenoxy) is 1. The summed E-state index contributed by atoms with van der Waals surface area (Å²) in [7, 11) is 0. The second-order valence-electron chi connectivity index (χ2n) is 7.97. The molecule has 0 bridgehead atoms. The number of aromatic nitrogens is 2. The van der Waals surface area contributed by atoms with E-state index < -0.39 is 0 Å². The summed E-state index contributed by atoms with van der Waals surface area (Å²) in [5.74, 6) is 1.03. The fourth-order valence-electron chi connectivity index (χ4n) is 3.41. The zero-order valence-corrected chi connectivity index (χ0v) is 17.0. The summed E-state index contributed by atoms with van der Waals surface area (Å²) in [6.07, 6.45) is 4.54. The van der Waals surface area contributed by atoms with Gasteiger partial charge in [0.25, 0.3) is 0 Å². The van der Waals surface area contributed by atoms with Crippen molar-refractivity contribution in [2.24, 2.45) is 11.7 Å². The lowest BCUT2D eigenvalue weighted by Gasteiger charge is -2.23. The van der Waals surface area contributed by atoms with E-state index in [9.17, 15) is 0 Å². The maximum atomic E-state index is 6.09. The number of benzene rings is 1. The highest BCUT2D eigenvalue weighted by Gasteiger charge is 2.17. The van der Waals surface area contributed by atoms with E-state index in [0.29, 0.717) is 23.4 Å². The minimum atomic E-state index is -0.194. The van der Waals surface area contributed by atoms with Gasteiger partial charge >= 0.3 is 0 Å². The molecule has 0 saturated heterocycles. The molecule has 0 aliphatic carbocycles. The highest BCUT2D eigenvalue weighted by atomic mass is 35.5. The third-order valence-corrected chi connectivity index (χ3v) is 4.66. The van der Waals surface area contributed by atoms with Crippen molar-refractivity contribution in [2.75, 3.05) is 6.61 Å². The molecule has 0 spiro atoms. The van der Waals surface area contributed by atoms with Crippen molar-refractivity contribution in [1.29, 1.82) is 0 Å². The Morgan fingerprint density at radius 3 is 2.67 bits per heavy atom. The van der Waals surface area contributed by atoms with Gasteiger partial charge in [-0.2, -0.15) is 0 Å². The van der Waals surface area contributed by atoms with E-state index in [1.807, 2.05) is 51.2 Å². The smallest absolute Gasteiger partial charge is 0.216 e. The van der Waals surface area contributed by atoms with Crippen molar-refractivity contribution >= 4 is 22.5 Å². The van der Waals surface area contributed by atoms with E-state index in [1.54, 1.807) is 6.20 Å². The number of halogens is 1. The molecule has 4 nitrogen and oxygen atoms in total. The van der Waals surface area contributed by atoms with Crippen LogP contribution in [0.4, 0.5) is 0 Å². The van der Waals surface area contributed by atoms with Crippen LogP contribution in [0.3, 0.4) is 0 Å². The van der Waals surface area contributed by atoms with Crippen LogP contribution in [0.25, 0.3) is 22.0 Å². The fourth-order valence-corrected chi connectivity index (χ4v) is 3.58. The summed E-state index contributed by atoms with van der Waals surface area (Å²) < 4.78 is 5.94. The Balaban J connectivity index is 1.81. The van der Waals surface area contributed by atoms with Crippen LogP contribution < -0.4 is 10.5 Å². The highest BCUT2D eigenvalue weighted by molar-refractivity contribution is 6.31. The van der Waals surface area contributed by atoms with Gasteiger partial charge in [-0.25, -0.2) is 4.98 Å². The molecule has 3 rings (SSSR count). The molecule has 2 N–H and O–H groups in total. The van der Waals surface area contributed by atoms with Crippen LogP contribution in [-0.4, -0.2) is 22.1 Å². The Morgan fingerprint density at radius 1 is 1.19 bits per heavy atom. The summed E-state index contributed by atoms with van der Waals surface area (Å²) in [5.41, 5.74) is 9.89. The lowest BCUT2D eigenvalue weighted by Crippen LogP contribution is -2.35. The van der Waals surface area contributed by atoms with E-state index in [1.165, 1.54) is 0 Å². The van der Waals surface area contributed by atoms with Crippen LogP contribution in [0.2, 0.25) is 5.02 Å². The first-order valence-corrected chi connectivity index (χ1v) is 9.54. The van der Waals surface area contributed by atoms with Crippen LogP contribution in [-0.2, 0) is 0 Å². The Kier molecular flexibility index (Phi) is 5.68. The van der Waals surface area contributed by atoms with Gasteiger partial charge < -0.3 is 10.5 Å². The monoisotopic (exact) mass is 383 g/mol. The first-order chi connectivity index (χ1) is 12.7. The number of nitrogens with two attached hydrogens (primary N) is 1. The Labute approximate surface area is 165 Å². The largest absolute Gasteiger partial charge is 0.477 e. The summed E-state index contributed by atoms with van der Waals surface area (Å²) in [5, 5.41) is 1.73. The standard InChI is InChI=1S/C22H26ClN3O/c1-14(11-22(3,4)24)13-27-21-15(2)9-16(12-26-21)18-7-8-25-20-10-17(23)5-6-19(18)20/h5-10,12,14H,11,13,24H2,1-4H3/t14-/m0/s1. The summed E-state index contributed by atoms with van der Waals surface area (Å²) in [6, 6.07) is 9.85. The van der Waals surface area contributed by atoms with E-state index in [0.717, 1.165) is 34.0 Å². The molecular formula is C22H26ClN3O. The predicted octanol–water partition coefficient (Wildman–Crippen LogP) is 5.40. The first kappa shape index (κ1) is 19.6. The second-order valence-corrected chi connectivity index (χ2v) is 8.41. The molecule has 0 radical (unpaired) electrons. The maximum Gasteiger partial charge on any atom is 0.216 e. The van der Waals surface area contributed by atoms with Gasteiger partial charge in [0, 0.05) is 39.5 Å². The van der Waals surface area contributed by atoms with E-state index >= 15 is 0 Å². The molecule has 142 valence electrons. The Hall–Kier alpha value is -2.17. The van der Waals surface area contributed by atoms with Crippen LogP contribution in [0.5, 0.6) is 5.88 Å². The molecular weight excluding hydrogens is 358 g/mol. The highest BCUT2D eigenvalue weighted by Crippen LogP contribution is 2.30. The molecule has 0 amide bonds. The van der Waals surface area contributed by atoms with Crippen LogP contribution in [0, 0.1) is 12.8 Å². The quantitative estimate of drug-likeness (QED) is 0.618. The van der Waals surface area contributed by atoms with Gasteiger partial charge in [-0.05, 0) is 62.9 Å². The molecule has 1 aromatic carbocycles. The molecule has 0 aliphatic heterocycles. The zero-order valence-electron chi connectivity index (χ0n) is 16.3. The van der Waals surface area contributed by atoms with Crippen molar-refractivity contribution in [3.63, 3.8) is 0 Å². The minimum absolute atomic E-state index is 0.194. The van der Waals surface area contributed by atoms with Gasteiger partial charge in [-0.15, -0.1) is 0 Å². The predicted molar refractivity (Wildman–Crippen MR) is 112 cm³/mol. The topological polar surface area (TPSA) is 61.0 Å². The third kappa shape index (κ3) is 4.96. The normalized spacial score (nSPS) is 13.0. The summed E-state index contributed by atoms with van der Waals surface area (Å²) in [6.45, 7) is 8.84. The molecule has 1 atom stereocenters. The molecule has 0 fully saturated rings. The van der Waals surface area contributed by atoms with Crippen LogP contribution >= 0.6 is 11.6 Å². The number of hydrogen-bond acceptors (Lipinski definition) is 4. The van der Waals surface area contributed by atoms with Crippen molar-refractivity contribution in [3.05, 3.63) is 53.3 Å². The molecule has 2 aromatic heterocycles. The van der Waals surface area contributed by atoms with E-state index in [2.05, 4.69) is 23.0 Å². The molecule has 27 heavy (non-hydrogen) atoms.